The van der Waals surface area contributed by atoms with E-state index in [9.17, 15) is 17.3 Å². The van der Waals surface area contributed by atoms with Crippen molar-refractivity contribution in [2.45, 2.75) is 0 Å². The standard InChI is InChI=1S/2C12H11N3.CH2Cl2.BF4.Cu/c2*13-10-4-6-11(7-5-10)15-9-12-3-1-2-8-14-12;2-1-3;2-1(3,4)5;/h2*1-9H,13H2;1H2;;/q;;;-1;+1. The molecule has 0 aliphatic carbocycles. The molecule has 0 amide bonds. The second kappa shape index (κ2) is 20.5. The Balaban J connectivity index is 0.000000572. The smallest absolute Gasteiger partial charge is 0.418 e. The van der Waals surface area contributed by atoms with Crippen molar-refractivity contribution in [1.29, 1.82) is 0 Å². The summed E-state index contributed by atoms with van der Waals surface area (Å²) in [6.45, 7) is 0. The number of nitrogens with zero attached hydrogens (tertiary/aromatic N) is 4. The molecule has 0 radical (unpaired) electrons. The van der Waals surface area contributed by atoms with Crippen molar-refractivity contribution in [3.05, 3.63) is 109 Å². The van der Waals surface area contributed by atoms with Crippen molar-refractivity contribution in [2.24, 2.45) is 9.98 Å². The zero-order valence-corrected chi connectivity index (χ0v) is 22.6. The van der Waals surface area contributed by atoms with Crippen LogP contribution >= 0.6 is 23.2 Å². The first-order chi connectivity index (χ1) is 18.1. The van der Waals surface area contributed by atoms with E-state index in [0.29, 0.717) is 0 Å². The van der Waals surface area contributed by atoms with Gasteiger partial charge in [-0.3, -0.25) is 20.0 Å². The number of alkyl halides is 2. The van der Waals surface area contributed by atoms with Crippen LogP contribution in [0.25, 0.3) is 0 Å². The number of nitrogen functional groups attached to an aromatic ring is 2. The summed E-state index contributed by atoms with van der Waals surface area (Å²) in [6.07, 6.45) is 6.94. The molecule has 0 aliphatic rings. The summed E-state index contributed by atoms with van der Waals surface area (Å²) in [5, 5.41) is 0.194. The van der Waals surface area contributed by atoms with Crippen molar-refractivity contribution in [3.63, 3.8) is 0 Å². The number of hydrogen-bond donors (Lipinski definition) is 2. The molecule has 0 atom stereocenters. The number of rotatable bonds is 4. The quantitative estimate of drug-likeness (QED) is 0.0800. The molecule has 6 nitrogen and oxygen atoms in total. The van der Waals surface area contributed by atoms with Crippen LogP contribution in [-0.4, -0.2) is 35.0 Å². The normalized spacial score (nSPS) is 10.2. The predicted molar refractivity (Wildman–Crippen MR) is 151 cm³/mol. The van der Waals surface area contributed by atoms with E-state index in [1.54, 1.807) is 24.8 Å². The summed E-state index contributed by atoms with van der Waals surface area (Å²) in [6, 6.07) is 26.2. The van der Waals surface area contributed by atoms with Crippen molar-refractivity contribution in [1.82, 2.24) is 9.97 Å². The monoisotopic (exact) mass is 628 g/mol. The van der Waals surface area contributed by atoms with Gasteiger partial charge in [-0.25, -0.2) is 0 Å². The molecule has 0 aliphatic heterocycles. The van der Waals surface area contributed by atoms with Crippen LogP contribution in [0.1, 0.15) is 11.4 Å². The summed E-state index contributed by atoms with van der Waals surface area (Å²) in [7, 11) is -6.00. The number of hydrogen-bond acceptors (Lipinski definition) is 6. The molecule has 210 valence electrons. The third kappa shape index (κ3) is 20.2. The molecule has 2 aromatic carbocycles. The van der Waals surface area contributed by atoms with Gasteiger partial charge in [0.1, 0.15) is 0 Å². The van der Waals surface area contributed by atoms with Crippen molar-refractivity contribution in [3.8, 4) is 0 Å². The largest absolute Gasteiger partial charge is 1.00 e. The van der Waals surface area contributed by atoms with E-state index in [1.807, 2.05) is 84.9 Å². The van der Waals surface area contributed by atoms with Gasteiger partial charge in [0.25, 0.3) is 0 Å². The van der Waals surface area contributed by atoms with Crippen LogP contribution < -0.4 is 11.5 Å². The molecule has 39 heavy (non-hydrogen) atoms. The zero-order valence-electron chi connectivity index (χ0n) is 20.2. The molecule has 2 heterocycles. The summed E-state index contributed by atoms with van der Waals surface area (Å²) >= 11 is 9.53. The second-order valence-electron chi connectivity index (χ2n) is 6.80. The molecule has 14 heteroatoms. The van der Waals surface area contributed by atoms with E-state index in [1.165, 1.54) is 0 Å². The maximum absolute atomic E-state index is 9.75. The molecule has 4 rings (SSSR count). The van der Waals surface area contributed by atoms with E-state index in [-0.39, 0.29) is 22.4 Å². The van der Waals surface area contributed by atoms with Gasteiger partial charge in [0.15, 0.2) is 0 Å². The molecular weight excluding hydrogens is 606 g/mol. The molecule has 4 N–H and O–H groups in total. The molecule has 0 fully saturated rings. The topological polar surface area (TPSA) is 103 Å². The van der Waals surface area contributed by atoms with Gasteiger partial charge < -0.3 is 28.7 Å². The Kier molecular flexibility index (Phi) is 18.7. The van der Waals surface area contributed by atoms with Crippen LogP contribution in [0.3, 0.4) is 0 Å². The number of halogens is 6. The van der Waals surface area contributed by atoms with E-state index < -0.39 is 7.25 Å². The van der Waals surface area contributed by atoms with E-state index in [4.69, 9.17) is 34.7 Å². The number of anilines is 2. The molecule has 0 unspecified atom stereocenters. The molecular formula is C25H24BCl2CuF4N6. The Labute approximate surface area is 244 Å². The predicted octanol–water partition coefficient (Wildman–Crippen LogP) is 7.55. The molecule has 0 saturated carbocycles. The van der Waals surface area contributed by atoms with Crippen molar-refractivity contribution >= 4 is 65.6 Å². The molecule has 4 aromatic rings. The third-order valence-electron chi connectivity index (χ3n) is 3.85. The Morgan fingerprint density at radius 1 is 0.641 bits per heavy atom. The van der Waals surface area contributed by atoms with Gasteiger partial charge >= 0.3 is 24.3 Å². The van der Waals surface area contributed by atoms with Gasteiger partial charge in [-0.15, -0.1) is 23.2 Å². The van der Waals surface area contributed by atoms with Crippen LogP contribution in [0.5, 0.6) is 0 Å². The van der Waals surface area contributed by atoms with Crippen molar-refractivity contribution in [2.75, 3.05) is 16.8 Å². The average Bonchev–Trinajstić information content (AvgIpc) is 2.89. The van der Waals surface area contributed by atoms with Gasteiger partial charge in [-0.1, -0.05) is 12.1 Å². The van der Waals surface area contributed by atoms with Gasteiger partial charge in [0.2, 0.25) is 0 Å². The van der Waals surface area contributed by atoms with Gasteiger partial charge in [-0.2, -0.15) is 0 Å². The van der Waals surface area contributed by atoms with Gasteiger partial charge in [-0.05, 0) is 72.8 Å². The maximum atomic E-state index is 9.75. The van der Waals surface area contributed by atoms with Crippen molar-refractivity contribution < 1.29 is 34.3 Å². The average molecular weight is 630 g/mol. The summed E-state index contributed by atoms with van der Waals surface area (Å²) in [4.78, 5) is 16.8. The first-order valence-electron chi connectivity index (χ1n) is 10.7. The number of pyridine rings is 2. The fraction of sp³-hybridized carbons (Fsp3) is 0.0400. The minimum absolute atomic E-state index is 0. The van der Waals surface area contributed by atoms with Crippen LogP contribution in [-0.2, 0) is 17.1 Å². The number of aromatic nitrogens is 2. The number of aliphatic imine (C=N–C) groups is 2. The van der Waals surface area contributed by atoms with E-state index in [2.05, 4.69) is 20.0 Å². The van der Waals surface area contributed by atoms with Gasteiger partial charge in [0.05, 0.1) is 40.5 Å². The summed E-state index contributed by atoms with van der Waals surface area (Å²) in [5.41, 5.74) is 16.0. The van der Waals surface area contributed by atoms with Gasteiger partial charge in [0, 0.05) is 23.8 Å². The fourth-order valence-corrected chi connectivity index (χ4v) is 2.31. The van der Waals surface area contributed by atoms with E-state index >= 15 is 0 Å². The van der Waals surface area contributed by atoms with E-state index in [0.717, 1.165) is 34.1 Å². The number of benzene rings is 2. The second-order valence-corrected chi connectivity index (χ2v) is 7.61. The minimum atomic E-state index is -6.00. The molecule has 0 bridgehead atoms. The Hall–Kier alpha value is -3.44. The Morgan fingerprint density at radius 2 is 0.949 bits per heavy atom. The Bertz CT molecular complexity index is 1120. The SMILES string of the molecule is ClCCl.F[B-](F)(F)F.Nc1ccc(N=Cc2ccccn2)cc1.Nc1ccc(N=Cc2ccccn2)cc1.[Cu+]. The van der Waals surface area contributed by atoms with Crippen LogP contribution in [0.2, 0.25) is 0 Å². The fourth-order valence-electron chi connectivity index (χ4n) is 2.31. The molecule has 0 spiro atoms. The first kappa shape index (κ1) is 35.6. The molecule has 2 aromatic heterocycles. The maximum Gasteiger partial charge on any atom is 1.00 e. The molecule has 0 saturated heterocycles. The zero-order chi connectivity index (χ0) is 28.2. The summed E-state index contributed by atoms with van der Waals surface area (Å²) < 4.78 is 39.0. The first-order valence-corrected chi connectivity index (χ1v) is 11.8. The number of nitrogens with two attached hydrogens (primary N) is 2. The summed E-state index contributed by atoms with van der Waals surface area (Å²) in [5.74, 6) is 0. The van der Waals surface area contributed by atoms with Crippen LogP contribution in [0.15, 0.2) is 107 Å². The Morgan fingerprint density at radius 3 is 1.21 bits per heavy atom. The van der Waals surface area contributed by atoms with Crippen LogP contribution in [0, 0.1) is 0 Å². The van der Waals surface area contributed by atoms with Crippen LogP contribution in [0.4, 0.5) is 40.0 Å². The minimum Gasteiger partial charge on any atom is -0.418 e. The third-order valence-corrected chi connectivity index (χ3v) is 3.85.